The van der Waals surface area contributed by atoms with E-state index in [1.165, 1.54) is 5.56 Å². The summed E-state index contributed by atoms with van der Waals surface area (Å²) in [6.45, 7) is 1.76. The average Bonchev–Trinajstić information content (AvgIpc) is 3.23. The van der Waals surface area contributed by atoms with Crippen LogP contribution in [0.25, 0.3) is 0 Å². The number of hydrogen-bond donors (Lipinski definition) is 3. The number of rotatable bonds is 7. The van der Waals surface area contributed by atoms with Crippen LogP contribution in [0.4, 0.5) is 0 Å². The highest BCUT2D eigenvalue weighted by molar-refractivity contribution is 5.85. The van der Waals surface area contributed by atoms with Gasteiger partial charge in [-0.3, -0.25) is 4.79 Å². The first kappa shape index (κ1) is 22.4. The smallest absolute Gasteiger partial charge is 0.237 e. The standard InChI is InChI=1S/C18H24N4O2.2ClH/c23-15-11-16(20-12-15)18(24)21-13-17-19-8-10-22(17)9-4-7-14-5-2-1-3-6-14;;/h1-3,5-6,8,10,15-16,20,23H,4,7,9,11-13H2,(H,21,24);2*1H. The normalized spacial score (nSPS) is 18.7. The van der Waals surface area contributed by atoms with Gasteiger partial charge in [-0.25, -0.2) is 4.98 Å². The molecule has 3 rings (SSSR count). The predicted octanol–water partition coefficient (Wildman–Crippen LogP) is 1.70. The number of hydrogen-bond acceptors (Lipinski definition) is 4. The third-order valence-corrected chi connectivity index (χ3v) is 4.35. The molecule has 3 N–H and O–H groups in total. The van der Waals surface area contributed by atoms with E-state index in [-0.39, 0.29) is 36.8 Å². The molecule has 0 aliphatic carbocycles. The molecule has 1 saturated heterocycles. The number of β-amino-alcohol motifs (C(OH)–C–C–N with tert-alkyl or cyclic N) is 1. The molecule has 6 nitrogen and oxygen atoms in total. The van der Waals surface area contributed by atoms with Crippen LogP contribution in [0.3, 0.4) is 0 Å². The van der Waals surface area contributed by atoms with Crippen LogP contribution >= 0.6 is 24.8 Å². The lowest BCUT2D eigenvalue weighted by atomic mass is 10.1. The lowest BCUT2D eigenvalue weighted by Gasteiger charge is -2.12. The van der Waals surface area contributed by atoms with Crippen molar-refractivity contribution in [3.05, 3.63) is 54.1 Å². The summed E-state index contributed by atoms with van der Waals surface area (Å²) >= 11 is 0. The zero-order valence-electron chi connectivity index (χ0n) is 14.5. The van der Waals surface area contributed by atoms with Crippen molar-refractivity contribution < 1.29 is 9.90 Å². The molecule has 1 aliphatic rings. The number of halogens is 2. The van der Waals surface area contributed by atoms with E-state index in [2.05, 4.69) is 44.5 Å². The Kier molecular flexibility index (Phi) is 9.65. The maximum Gasteiger partial charge on any atom is 0.237 e. The minimum atomic E-state index is -0.430. The molecule has 2 atom stereocenters. The molecule has 0 radical (unpaired) electrons. The Balaban J connectivity index is 0.00000169. The van der Waals surface area contributed by atoms with Crippen LogP contribution in [0.2, 0.25) is 0 Å². The summed E-state index contributed by atoms with van der Waals surface area (Å²) in [4.78, 5) is 16.4. The second-order valence-corrected chi connectivity index (χ2v) is 6.19. The van der Waals surface area contributed by atoms with Crippen LogP contribution in [-0.2, 0) is 24.3 Å². The van der Waals surface area contributed by atoms with Crippen LogP contribution in [0.15, 0.2) is 42.7 Å². The van der Waals surface area contributed by atoms with Crippen molar-refractivity contribution in [2.24, 2.45) is 0 Å². The van der Waals surface area contributed by atoms with Crippen LogP contribution in [-0.4, -0.2) is 39.3 Å². The Morgan fingerprint density at radius 2 is 2.08 bits per heavy atom. The number of nitrogens with zero attached hydrogens (tertiary/aromatic N) is 2. The van der Waals surface area contributed by atoms with Crippen molar-refractivity contribution in [2.75, 3.05) is 6.54 Å². The Morgan fingerprint density at radius 1 is 1.31 bits per heavy atom. The zero-order chi connectivity index (χ0) is 16.8. The van der Waals surface area contributed by atoms with Gasteiger partial charge in [-0.05, 0) is 24.8 Å². The van der Waals surface area contributed by atoms with Crippen molar-refractivity contribution in [3.63, 3.8) is 0 Å². The number of amides is 1. The molecule has 1 aromatic heterocycles. The lowest BCUT2D eigenvalue weighted by molar-refractivity contribution is -0.123. The van der Waals surface area contributed by atoms with E-state index >= 15 is 0 Å². The first-order valence-electron chi connectivity index (χ1n) is 8.45. The van der Waals surface area contributed by atoms with E-state index in [1.54, 1.807) is 6.20 Å². The third-order valence-electron chi connectivity index (χ3n) is 4.35. The summed E-state index contributed by atoms with van der Waals surface area (Å²) in [7, 11) is 0. The molecule has 2 heterocycles. The van der Waals surface area contributed by atoms with E-state index in [1.807, 2.05) is 12.3 Å². The topological polar surface area (TPSA) is 79.2 Å². The fourth-order valence-electron chi connectivity index (χ4n) is 3.02. The monoisotopic (exact) mass is 400 g/mol. The third kappa shape index (κ3) is 6.29. The SMILES string of the molecule is Cl.Cl.O=C(NCc1nccn1CCCc1ccccc1)C1CC(O)CN1. The first-order chi connectivity index (χ1) is 11.7. The van der Waals surface area contributed by atoms with Gasteiger partial charge in [0.15, 0.2) is 0 Å². The fourth-order valence-corrected chi connectivity index (χ4v) is 3.02. The van der Waals surface area contributed by atoms with E-state index in [4.69, 9.17) is 0 Å². The van der Waals surface area contributed by atoms with Gasteiger partial charge in [-0.2, -0.15) is 0 Å². The largest absolute Gasteiger partial charge is 0.392 e. The molecule has 1 amide bonds. The van der Waals surface area contributed by atoms with Crippen molar-refractivity contribution in [1.29, 1.82) is 0 Å². The molecule has 26 heavy (non-hydrogen) atoms. The first-order valence-corrected chi connectivity index (χ1v) is 8.45. The molecular formula is C18H26Cl2N4O2. The van der Waals surface area contributed by atoms with Crippen molar-refractivity contribution in [2.45, 2.75) is 44.5 Å². The average molecular weight is 401 g/mol. The Bertz CT molecular complexity index is 666. The Morgan fingerprint density at radius 3 is 2.77 bits per heavy atom. The van der Waals surface area contributed by atoms with E-state index < -0.39 is 6.10 Å². The van der Waals surface area contributed by atoms with E-state index in [9.17, 15) is 9.90 Å². The predicted molar refractivity (Wildman–Crippen MR) is 106 cm³/mol. The highest BCUT2D eigenvalue weighted by Gasteiger charge is 2.27. The molecule has 1 fully saturated rings. The minimum absolute atomic E-state index is 0. The summed E-state index contributed by atoms with van der Waals surface area (Å²) in [6, 6.07) is 10.1. The van der Waals surface area contributed by atoms with Gasteiger partial charge in [0.2, 0.25) is 5.91 Å². The van der Waals surface area contributed by atoms with Crippen LogP contribution in [0.1, 0.15) is 24.2 Å². The van der Waals surface area contributed by atoms with Gasteiger partial charge in [0.25, 0.3) is 0 Å². The molecule has 144 valence electrons. The van der Waals surface area contributed by atoms with Crippen molar-refractivity contribution in [3.8, 4) is 0 Å². The van der Waals surface area contributed by atoms with Gasteiger partial charge in [-0.15, -0.1) is 24.8 Å². The molecule has 0 saturated carbocycles. The quantitative estimate of drug-likeness (QED) is 0.660. The molecule has 8 heteroatoms. The maximum absolute atomic E-state index is 12.1. The summed E-state index contributed by atoms with van der Waals surface area (Å²) in [5.74, 6) is 0.778. The van der Waals surface area contributed by atoms with Gasteiger partial charge < -0.3 is 20.3 Å². The maximum atomic E-state index is 12.1. The summed E-state index contributed by atoms with van der Waals surface area (Å²) in [6.07, 6.45) is 5.80. The molecule has 2 unspecified atom stereocenters. The molecular weight excluding hydrogens is 375 g/mol. The number of aryl methyl sites for hydroxylation is 2. The lowest BCUT2D eigenvalue weighted by Crippen LogP contribution is -2.40. The van der Waals surface area contributed by atoms with Gasteiger partial charge in [0, 0.05) is 25.5 Å². The van der Waals surface area contributed by atoms with Gasteiger partial charge in [0.05, 0.1) is 18.7 Å². The number of nitrogens with one attached hydrogen (secondary N) is 2. The minimum Gasteiger partial charge on any atom is -0.392 e. The Hall–Kier alpha value is -1.60. The number of imidazole rings is 1. The molecule has 0 bridgehead atoms. The summed E-state index contributed by atoms with van der Waals surface area (Å²) in [5, 5.41) is 15.4. The number of aliphatic hydroxyl groups excluding tert-OH is 1. The molecule has 1 aliphatic heterocycles. The number of benzene rings is 1. The summed E-state index contributed by atoms with van der Waals surface area (Å²) in [5.41, 5.74) is 1.33. The zero-order valence-corrected chi connectivity index (χ0v) is 16.1. The van der Waals surface area contributed by atoms with Crippen LogP contribution in [0, 0.1) is 0 Å². The second-order valence-electron chi connectivity index (χ2n) is 6.19. The molecule has 0 spiro atoms. The highest BCUT2D eigenvalue weighted by atomic mass is 35.5. The van der Waals surface area contributed by atoms with Crippen LogP contribution < -0.4 is 10.6 Å². The number of carbonyl (C=O) groups is 1. The van der Waals surface area contributed by atoms with Gasteiger partial charge >= 0.3 is 0 Å². The van der Waals surface area contributed by atoms with Gasteiger partial charge in [0.1, 0.15) is 5.82 Å². The fraction of sp³-hybridized carbons (Fsp3) is 0.444. The summed E-state index contributed by atoms with van der Waals surface area (Å²) < 4.78 is 2.08. The molecule has 2 aromatic rings. The van der Waals surface area contributed by atoms with Crippen molar-refractivity contribution in [1.82, 2.24) is 20.2 Å². The Labute approximate surface area is 166 Å². The highest BCUT2D eigenvalue weighted by Crippen LogP contribution is 2.08. The second kappa shape index (κ2) is 11.2. The number of aliphatic hydroxyl groups is 1. The molecule has 1 aromatic carbocycles. The van der Waals surface area contributed by atoms with Crippen molar-refractivity contribution >= 4 is 30.7 Å². The number of aromatic nitrogens is 2. The van der Waals surface area contributed by atoms with E-state index in [0.717, 1.165) is 25.2 Å². The number of carbonyl (C=O) groups excluding carboxylic acids is 1. The van der Waals surface area contributed by atoms with Crippen LogP contribution in [0.5, 0.6) is 0 Å². The van der Waals surface area contributed by atoms with Gasteiger partial charge in [-0.1, -0.05) is 30.3 Å². The van der Waals surface area contributed by atoms with E-state index in [0.29, 0.717) is 19.5 Å².